The van der Waals surface area contributed by atoms with Crippen molar-refractivity contribution in [1.29, 1.82) is 0 Å². The quantitative estimate of drug-likeness (QED) is 0.726. The van der Waals surface area contributed by atoms with Crippen LogP contribution in [-0.2, 0) is 9.59 Å². The highest BCUT2D eigenvalue weighted by atomic mass is 16.4. The van der Waals surface area contributed by atoms with E-state index in [-0.39, 0.29) is 12.3 Å². The minimum absolute atomic E-state index is 0.275. The van der Waals surface area contributed by atoms with Crippen LogP contribution in [0.4, 0.5) is 0 Å². The van der Waals surface area contributed by atoms with Crippen molar-refractivity contribution in [1.82, 2.24) is 0 Å². The topological polar surface area (TPSA) is 54.4 Å². The zero-order chi connectivity index (χ0) is 13.0. The first-order chi connectivity index (χ1) is 7.43. The van der Waals surface area contributed by atoms with E-state index in [4.69, 9.17) is 5.11 Å². The average Bonchev–Trinajstić information content (AvgIpc) is 2.14. The van der Waals surface area contributed by atoms with Gasteiger partial charge in [-0.3, -0.25) is 9.59 Å². The van der Waals surface area contributed by atoms with Crippen LogP contribution in [0.25, 0.3) is 0 Å². The van der Waals surface area contributed by atoms with Gasteiger partial charge in [0.1, 0.15) is 5.78 Å². The van der Waals surface area contributed by atoms with Crippen LogP contribution in [0.1, 0.15) is 66.2 Å². The first-order valence-electron chi connectivity index (χ1n) is 6.17. The lowest BCUT2D eigenvalue weighted by Gasteiger charge is -1.94. The molecule has 0 bridgehead atoms. The second-order valence-corrected chi connectivity index (χ2v) is 4.38. The number of hydrogen-bond donors (Lipinski definition) is 1. The lowest BCUT2D eigenvalue weighted by Crippen LogP contribution is -1.99. The lowest BCUT2D eigenvalue weighted by molar-refractivity contribution is -0.137. The Morgan fingerprint density at radius 3 is 1.88 bits per heavy atom. The third kappa shape index (κ3) is 18.8. The Morgan fingerprint density at radius 2 is 1.62 bits per heavy atom. The number of aliphatic carboxylic acids is 1. The molecule has 0 rings (SSSR count). The molecule has 0 saturated carbocycles. The highest BCUT2D eigenvalue weighted by molar-refractivity contribution is 5.78. The fourth-order valence-corrected chi connectivity index (χ4v) is 1.13. The van der Waals surface area contributed by atoms with Crippen molar-refractivity contribution >= 4 is 11.8 Å². The molecule has 0 aliphatic heterocycles. The molecule has 0 aromatic heterocycles. The molecule has 3 heteroatoms. The molecule has 0 atom stereocenters. The van der Waals surface area contributed by atoms with Crippen LogP contribution in [0, 0.1) is 5.92 Å². The minimum Gasteiger partial charge on any atom is -0.481 e. The minimum atomic E-state index is -0.713. The number of carbonyl (C=O) groups excluding carboxylic acids is 1. The van der Waals surface area contributed by atoms with E-state index in [1.807, 2.05) is 20.8 Å². The molecule has 0 radical (unpaired) electrons. The molecule has 0 aromatic carbocycles. The monoisotopic (exact) mass is 230 g/mol. The summed E-state index contributed by atoms with van der Waals surface area (Å²) < 4.78 is 0. The predicted molar refractivity (Wildman–Crippen MR) is 66.5 cm³/mol. The van der Waals surface area contributed by atoms with Crippen molar-refractivity contribution in [3.05, 3.63) is 0 Å². The maximum atomic E-state index is 10.8. The molecule has 0 aromatic rings. The average molecular weight is 230 g/mol. The van der Waals surface area contributed by atoms with Crippen molar-refractivity contribution in [2.45, 2.75) is 66.2 Å². The third-order valence-electron chi connectivity index (χ3n) is 1.92. The summed E-state index contributed by atoms with van der Waals surface area (Å²) >= 11 is 0. The number of ketones is 1. The van der Waals surface area contributed by atoms with Gasteiger partial charge in [0.25, 0.3) is 0 Å². The highest BCUT2D eigenvalue weighted by Gasteiger charge is 1.98. The maximum Gasteiger partial charge on any atom is 0.303 e. The largest absolute Gasteiger partial charge is 0.481 e. The highest BCUT2D eigenvalue weighted by Crippen LogP contribution is 1.99. The molecular formula is C13H26O3. The summed E-state index contributed by atoms with van der Waals surface area (Å²) in [7, 11) is 0. The van der Waals surface area contributed by atoms with E-state index in [0.717, 1.165) is 32.1 Å². The van der Waals surface area contributed by atoms with Crippen LogP contribution in [0.15, 0.2) is 0 Å². The van der Waals surface area contributed by atoms with Gasteiger partial charge in [0, 0.05) is 19.3 Å². The summed E-state index contributed by atoms with van der Waals surface area (Å²) in [6.45, 7) is 7.92. The molecule has 0 fully saturated rings. The third-order valence-corrected chi connectivity index (χ3v) is 1.92. The molecule has 0 aliphatic carbocycles. The van der Waals surface area contributed by atoms with Gasteiger partial charge in [-0.05, 0) is 18.8 Å². The second-order valence-electron chi connectivity index (χ2n) is 4.38. The Labute approximate surface area is 99.2 Å². The Bertz CT molecular complexity index is 186. The van der Waals surface area contributed by atoms with Crippen molar-refractivity contribution in [2.24, 2.45) is 5.92 Å². The number of carbonyl (C=O) groups is 2. The van der Waals surface area contributed by atoms with Gasteiger partial charge in [-0.2, -0.15) is 0 Å². The van der Waals surface area contributed by atoms with E-state index in [0.29, 0.717) is 5.78 Å². The normalized spacial score (nSPS) is 9.56. The maximum absolute atomic E-state index is 10.8. The van der Waals surface area contributed by atoms with E-state index in [2.05, 4.69) is 6.92 Å². The number of rotatable bonds is 7. The van der Waals surface area contributed by atoms with Gasteiger partial charge < -0.3 is 5.11 Å². The van der Waals surface area contributed by atoms with Gasteiger partial charge in [0.15, 0.2) is 0 Å². The number of Topliss-reactive ketones (excluding diaryl/α,β-unsaturated/α-hetero) is 1. The molecule has 0 saturated heterocycles. The summed E-state index contributed by atoms with van der Waals surface area (Å²) in [5.74, 6) is -0.00755. The van der Waals surface area contributed by atoms with Crippen LogP contribution >= 0.6 is 0 Å². The van der Waals surface area contributed by atoms with Crippen LogP contribution < -0.4 is 0 Å². The van der Waals surface area contributed by atoms with Crippen LogP contribution in [0.3, 0.4) is 0 Å². The van der Waals surface area contributed by atoms with Crippen molar-refractivity contribution in [2.75, 3.05) is 0 Å². The van der Waals surface area contributed by atoms with E-state index in [9.17, 15) is 9.59 Å². The van der Waals surface area contributed by atoms with E-state index in [1.54, 1.807) is 0 Å². The molecule has 0 unspecified atom stereocenters. The second kappa shape index (κ2) is 12.2. The van der Waals surface area contributed by atoms with E-state index >= 15 is 0 Å². The van der Waals surface area contributed by atoms with E-state index in [1.165, 1.54) is 0 Å². The standard InChI is InChI=1S/C8H16O.C5H10O2/c1-3-5-7-8(9)6-4-2;1-4(2)3-5(6)7/h3-7H2,1-2H3;4H,3H2,1-2H3,(H,6,7). The van der Waals surface area contributed by atoms with Gasteiger partial charge in [-0.1, -0.05) is 34.1 Å². The number of carboxylic acid groups (broad SMARTS) is 1. The molecule has 0 amide bonds. The summed E-state index contributed by atoms with van der Waals surface area (Å²) in [4.78, 5) is 20.6. The van der Waals surface area contributed by atoms with Gasteiger partial charge in [0.2, 0.25) is 0 Å². The van der Waals surface area contributed by atoms with Gasteiger partial charge in [-0.15, -0.1) is 0 Å². The Hall–Kier alpha value is -0.860. The van der Waals surface area contributed by atoms with Crippen LogP contribution in [0.5, 0.6) is 0 Å². The molecule has 0 aliphatic rings. The van der Waals surface area contributed by atoms with Crippen LogP contribution in [-0.4, -0.2) is 16.9 Å². The Balaban J connectivity index is 0. The molecule has 0 spiro atoms. The first-order valence-corrected chi connectivity index (χ1v) is 6.17. The first kappa shape index (κ1) is 17.5. The summed E-state index contributed by atoms with van der Waals surface area (Å²) in [5, 5.41) is 8.08. The van der Waals surface area contributed by atoms with Gasteiger partial charge in [-0.25, -0.2) is 0 Å². The molecule has 96 valence electrons. The Morgan fingerprint density at radius 1 is 1.06 bits per heavy atom. The lowest BCUT2D eigenvalue weighted by atomic mass is 10.1. The fraction of sp³-hybridized carbons (Fsp3) is 0.846. The number of hydrogen-bond acceptors (Lipinski definition) is 2. The number of carboxylic acids is 1. The fourth-order valence-electron chi connectivity index (χ4n) is 1.13. The van der Waals surface area contributed by atoms with Crippen molar-refractivity contribution in [3.63, 3.8) is 0 Å². The summed E-state index contributed by atoms with van der Waals surface area (Å²) in [6.07, 6.45) is 5.06. The molecule has 3 nitrogen and oxygen atoms in total. The molecule has 0 heterocycles. The zero-order valence-electron chi connectivity index (χ0n) is 11.1. The van der Waals surface area contributed by atoms with Gasteiger partial charge in [0.05, 0.1) is 0 Å². The smallest absolute Gasteiger partial charge is 0.303 e. The predicted octanol–water partition coefficient (Wildman–Crippen LogP) is 3.66. The van der Waals surface area contributed by atoms with E-state index < -0.39 is 5.97 Å². The molecule has 16 heavy (non-hydrogen) atoms. The SMILES string of the molecule is CC(C)CC(=O)O.CCCCC(=O)CCC. The molecular weight excluding hydrogens is 204 g/mol. The number of unbranched alkanes of at least 4 members (excludes halogenated alkanes) is 1. The van der Waals surface area contributed by atoms with Crippen molar-refractivity contribution < 1.29 is 14.7 Å². The van der Waals surface area contributed by atoms with Crippen molar-refractivity contribution in [3.8, 4) is 0 Å². The van der Waals surface area contributed by atoms with Crippen LogP contribution in [0.2, 0.25) is 0 Å². The van der Waals surface area contributed by atoms with Gasteiger partial charge >= 0.3 is 5.97 Å². The summed E-state index contributed by atoms with van der Waals surface area (Å²) in [5.41, 5.74) is 0. The zero-order valence-corrected chi connectivity index (χ0v) is 11.1. The molecule has 1 N–H and O–H groups in total. The summed E-state index contributed by atoms with van der Waals surface area (Å²) in [6, 6.07) is 0. The Kier molecular flexibility index (Phi) is 13.4.